The van der Waals surface area contributed by atoms with E-state index in [4.69, 9.17) is 4.42 Å². The zero-order valence-electron chi connectivity index (χ0n) is 15.8. The molecule has 0 radical (unpaired) electrons. The smallest absolute Gasteiger partial charge is 0.313 e. The number of carbonyl (C=O) groups is 2. The number of anilines is 1. The van der Waals surface area contributed by atoms with Crippen molar-refractivity contribution in [3.8, 4) is 0 Å². The predicted molar refractivity (Wildman–Crippen MR) is 105 cm³/mol. The number of fused-ring (bicyclic) bond motifs is 1. The molecular formula is C20H19N3O6. The molecule has 1 aromatic heterocycles. The Morgan fingerprint density at radius 3 is 2.59 bits per heavy atom. The molecule has 150 valence electrons. The first kappa shape index (κ1) is 20.0. The molecule has 0 saturated heterocycles. The number of benzene rings is 2. The van der Waals surface area contributed by atoms with Gasteiger partial charge < -0.3 is 20.2 Å². The first-order valence-corrected chi connectivity index (χ1v) is 8.73. The highest BCUT2D eigenvalue weighted by atomic mass is 16.6. The van der Waals surface area contributed by atoms with E-state index in [9.17, 15) is 24.8 Å². The van der Waals surface area contributed by atoms with E-state index in [1.54, 1.807) is 25.1 Å². The van der Waals surface area contributed by atoms with Gasteiger partial charge in [-0.15, -0.1) is 0 Å². The molecule has 1 atom stereocenters. The maximum Gasteiger partial charge on any atom is 0.313 e. The minimum absolute atomic E-state index is 0.156. The summed E-state index contributed by atoms with van der Waals surface area (Å²) in [6.45, 7) is 2.82. The van der Waals surface area contributed by atoms with Crippen LogP contribution in [0.15, 0.2) is 52.9 Å². The molecule has 0 saturated carbocycles. The van der Waals surface area contributed by atoms with Crippen LogP contribution in [0, 0.1) is 17.0 Å². The van der Waals surface area contributed by atoms with E-state index >= 15 is 0 Å². The monoisotopic (exact) mass is 397 g/mol. The summed E-state index contributed by atoms with van der Waals surface area (Å²) in [5.74, 6) is -1.75. The summed E-state index contributed by atoms with van der Waals surface area (Å²) in [4.78, 5) is 34.5. The van der Waals surface area contributed by atoms with Gasteiger partial charge in [0.1, 0.15) is 16.9 Å². The van der Waals surface area contributed by atoms with Gasteiger partial charge in [-0.25, -0.2) is 0 Å². The highest BCUT2D eigenvalue weighted by molar-refractivity contribution is 6.39. The Kier molecular flexibility index (Phi) is 5.33. The highest BCUT2D eigenvalue weighted by Gasteiger charge is 2.29. The van der Waals surface area contributed by atoms with Gasteiger partial charge in [0.25, 0.3) is 5.69 Å². The van der Waals surface area contributed by atoms with E-state index in [0.29, 0.717) is 11.1 Å². The average molecular weight is 397 g/mol. The zero-order chi connectivity index (χ0) is 21.2. The average Bonchev–Trinajstić information content (AvgIpc) is 3.13. The third kappa shape index (κ3) is 4.41. The molecule has 0 spiro atoms. The van der Waals surface area contributed by atoms with Crippen molar-refractivity contribution in [1.29, 1.82) is 0 Å². The molecule has 3 rings (SSSR count). The van der Waals surface area contributed by atoms with E-state index in [2.05, 4.69) is 10.6 Å². The van der Waals surface area contributed by atoms with Crippen molar-refractivity contribution in [2.45, 2.75) is 19.4 Å². The van der Waals surface area contributed by atoms with Gasteiger partial charge in [0.2, 0.25) is 0 Å². The van der Waals surface area contributed by atoms with Gasteiger partial charge in [-0.1, -0.05) is 24.3 Å². The van der Waals surface area contributed by atoms with Gasteiger partial charge in [0.05, 0.1) is 17.2 Å². The summed E-state index contributed by atoms with van der Waals surface area (Å²) in [6, 6.07) is 12.8. The number of nitro benzene ring substituents is 1. The standard InChI is InChI=1S/C20H19N3O6/c1-12-7-8-14(23(27)28)10-15(12)22-19(25)18(24)21-11-20(2,26)17-9-13-5-3-4-6-16(13)29-17/h3-10,26H,11H2,1-2H3,(H,21,24)(H,22,25)/t20-/m0/s1. The van der Waals surface area contributed by atoms with Crippen molar-refractivity contribution in [3.05, 3.63) is 70.0 Å². The number of aliphatic hydroxyl groups is 1. The number of furan rings is 1. The Labute approximate surface area is 165 Å². The van der Waals surface area contributed by atoms with Crippen molar-refractivity contribution in [2.24, 2.45) is 0 Å². The molecule has 3 N–H and O–H groups in total. The lowest BCUT2D eigenvalue weighted by Crippen LogP contribution is -2.43. The second-order valence-electron chi connectivity index (χ2n) is 6.82. The van der Waals surface area contributed by atoms with Crippen LogP contribution in [0.4, 0.5) is 11.4 Å². The maximum atomic E-state index is 12.1. The van der Waals surface area contributed by atoms with E-state index in [1.165, 1.54) is 25.1 Å². The van der Waals surface area contributed by atoms with Crippen LogP contribution in [-0.4, -0.2) is 28.4 Å². The van der Waals surface area contributed by atoms with Crippen LogP contribution in [0.5, 0.6) is 0 Å². The molecule has 0 bridgehead atoms. The number of non-ortho nitro benzene ring substituents is 1. The fraction of sp³-hybridized carbons (Fsp3) is 0.200. The largest absolute Gasteiger partial charge is 0.458 e. The van der Waals surface area contributed by atoms with Crippen LogP contribution in [-0.2, 0) is 15.2 Å². The molecular weight excluding hydrogens is 378 g/mol. The van der Waals surface area contributed by atoms with Crippen molar-refractivity contribution in [1.82, 2.24) is 5.32 Å². The number of nitro groups is 1. The van der Waals surface area contributed by atoms with Gasteiger partial charge in [-0.3, -0.25) is 19.7 Å². The fourth-order valence-corrected chi connectivity index (χ4v) is 2.70. The Morgan fingerprint density at radius 1 is 1.17 bits per heavy atom. The lowest BCUT2D eigenvalue weighted by Gasteiger charge is -2.21. The van der Waals surface area contributed by atoms with E-state index < -0.39 is 22.3 Å². The van der Waals surface area contributed by atoms with Gasteiger partial charge in [-0.2, -0.15) is 0 Å². The number of nitrogens with one attached hydrogen (secondary N) is 2. The predicted octanol–water partition coefficient (Wildman–Crippen LogP) is 2.61. The van der Waals surface area contributed by atoms with E-state index in [0.717, 1.165) is 5.39 Å². The third-order valence-corrected chi connectivity index (χ3v) is 4.44. The highest BCUT2D eigenvalue weighted by Crippen LogP contribution is 2.27. The van der Waals surface area contributed by atoms with Crippen LogP contribution in [0.1, 0.15) is 18.2 Å². The summed E-state index contributed by atoms with van der Waals surface area (Å²) >= 11 is 0. The lowest BCUT2D eigenvalue weighted by molar-refractivity contribution is -0.384. The normalized spacial score (nSPS) is 12.9. The molecule has 9 nitrogen and oxygen atoms in total. The second kappa shape index (κ2) is 7.72. The summed E-state index contributed by atoms with van der Waals surface area (Å²) < 4.78 is 5.61. The lowest BCUT2D eigenvalue weighted by atomic mass is 10.0. The summed E-state index contributed by atoms with van der Waals surface area (Å²) in [5.41, 5.74) is -0.447. The molecule has 9 heteroatoms. The first-order valence-electron chi connectivity index (χ1n) is 8.73. The Morgan fingerprint density at radius 2 is 1.90 bits per heavy atom. The number of aryl methyl sites for hydroxylation is 1. The number of amides is 2. The summed E-state index contributed by atoms with van der Waals surface area (Å²) in [6.07, 6.45) is 0. The Hall–Kier alpha value is -3.72. The topological polar surface area (TPSA) is 135 Å². The molecule has 29 heavy (non-hydrogen) atoms. The minimum atomic E-state index is -1.55. The van der Waals surface area contributed by atoms with Gasteiger partial charge in [0.15, 0.2) is 0 Å². The van der Waals surface area contributed by atoms with Gasteiger partial charge in [0, 0.05) is 17.5 Å². The molecule has 0 aliphatic rings. The van der Waals surface area contributed by atoms with Crippen molar-refractivity contribution in [3.63, 3.8) is 0 Å². The Balaban J connectivity index is 1.66. The van der Waals surface area contributed by atoms with Crippen LogP contribution in [0.25, 0.3) is 11.0 Å². The number of nitrogens with zero attached hydrogens (tertiary/aromatic N) is 1. The number of hydrogen-bond donors (Lipinski definition) is 3. The summed E-state index contributed by atoms with van der Waals surface area (Å²) in [7, 11) is 0. The number of hydrogen-bond acceptors (Lipinski definition) is 6. The third-order valence-electron chi connectivity index (χ3n) is 4.44. The Bertz CT molecular complexity index is 1070. The molecule has 0 aliphatic heterocycles. The van der Waals surface area contributed by atoms with E-state index in [1.807, 2.05) is 12.1 Å². The maximum absolute atomic E-state index is 12.1. The summed E-state index contributed by atoms with van der Waals surface area (Å²) in [5, 5.41) is 27.0. The first-order chi connectivity index (χ1) is 13.7. The SMILES string of the molecule is Cc1ccc([N+](=O)[O-])cc1NC(=O)C(=O)NC[C@](C)(O)c1cc2ccccc2o1. The molecule has 2 amide bonds. The molecule has 2 aromatic carbocycles. The van der Waals surface area contributed by atoms with Crippen LogP contribution < -0.4 is 10.6 Å². The van der Waals surface area contributed by atoms with Gasteiger partial charge >= 0.3 is 11.8 Å². The van der Waals surface area contributed by atoms with Crippen LogP contribution in [0.3, 0.4) is 0 Å². The number of carbonyl (C=O) groups excluding carboxylic acids is 2. The number of para-hydroxylation sites is 1. The molecule has 0 aliphatic carbocycles. The zero-order valence-corrected chi connectivity index (χ0v) is 15.8. The minimum Gasteiger partial charge on any atom is -0.458 e. The van der Waals surface area contributed by atoms with Crippen LogP contribution >= 0.6 is 0 Å². The van der Waals surface area contributed by atoms with Crippen LogP contribution in [0.2, 0.25) is 0 Å². The van der Waals surface area contributed by atoms with Gasteiger partial charge in [-0.05, 0) is 31.5 Å². The molecule has 0 unspecified atom stereocenters. The molecule has 3 aromatic rings. The molecule has 1 heterocycles. The van der Waals surface area contributed by atoms with Crippen molar-refractivity contribution >= 4 is 34.2 Å². The fourth-order valence-electron chi connectivity index (χ4n) is 2.70. The quantitative estimate of drug-likeness (QED) is 0.344. The van der Waals surface area contributed by atoms with E-state index in [-0.39, 0.29) is 23.7 Å². The second-order valence-corrected chi connectivity index (χ2v) is 6.82. The van der Waals surface area contributed by atoms with Crippen molar-refractivity contribution in [2.75, 3.05) is 11.9 Å². The van der Waals surface area contributed by atoms with Crippen molar-refractivity contribution < 1.29 is 24.0 Å². The number of rotatable bonds is 5. The molecule has 0 fully saturated rings.